The molecule has 0 aromatic heterocycles. The molecule has 0 saturated heterocycles. The molecule has 2 nitrogen and oxygen atoms in total. The van der Waals surface area contributed by atoms with Crippen LogP contribution in [0.15, 0.2) is 0 Å². The van der Waals surface area contributed by atoms with Crippen molar-refractivity contribution in [3.63, 3.8) is 0 Å². The molecule has 1 radical (unpaired) electrons. The van der Waals surface area contributed by atoms with Crippen LogP contribution in [0.3, 0.4) is 0 Å². The number of aliphatic hydroxyl groups is 2. The fourth-order valence-corrected chi connectivity index (χ4v) is 1.06. The fraction of sp³-hybridized carbons (Fsp3) is 1.00. The summed E-state index contributed by atoms with van der Waals surface area (Å²) in [6, 6.07) is 0. The summed E-state index contributed by atoms with van der Waals surface area (Å²) in [5, 5.41) is 18.0. The maximum absolute atomic E-state index is 9.00. The average molecular weight is 133 g/mol. The number of hydrogen-bond acceptors (Lipinski definition) is 2. The zero-order valence-corrected chi connectivity index (χ0v) is 6.60. The normalized spacial score (nSPS) is 12.8. The highest BCUT2D eigenvalue weighted by Gasteiger charge is 2.25. The molecule has 3 heteroatoms. The summed E-state index contributed by atoms with van der Waals surface area (Å²) in [7, 11) is -0.951. The van der Waals surface area contributed by atoms with Gasteiger partial charge in [0.2, 0.25) is 0 Å². The Balaban J connectivity index is 3.71. The first-order chi connectivity index (χ1) is 3.50. The summed E-state index contributed by atoms with van der Waals surface area (Å²) in [5.74, 6) is 0. The van der Waals surface area contributed by atoms with Crippen LogP contribution >= 0.6 is 0 Å². The first-order valence-corrected chi connectivity index (χ1v) is 5.26. The van der Waals surface area contributed by atoms with Gasteiger partial charge in [-0.2, -0.15) is 0 Å². The zero-order chi connectivity index (χ0) is 6.78. The molecule has 0 saturated carbocycles. The van der Waals surface area contributed by atoms with Gasteiger partial charge in [-0.3, -0.25) is 0 Å². The standard InChI is InChI=1S/C5H13O2Si/c1-4-5(6,7)8(2)3/h6-7H,4H2,1-3H3. The zero-order valence-electron chi connectivity index (χ0n) is 5.60. The maximum Gasteiger partial charge on any atom is 0.142 e. The smallest absolute Gasteiger partial charge is 0.142 e. The molecular formula is C5H13O2Si. The van der Waals surface area contributed by atoms with Crippen molar-refractivity contribution in [2.45, 2.75) is 31.8 Å². The van der Waals surface area contributed by atoms with Crippen molar-refractivity contribution in [1.82, 2.24) is 0 Å². The van der Waals surface area contributed by atoms with Gasteiger partial charge in [0, 0.05) is 0 Å². The lowest BCUT2D eigenvalue weighted by Crippen LogP contribution is -2.40. The molecule has 0 spiro atoms. The van der Waals surface area contributed by atoms with Crippen molar-refractivity contribution in [2.75, 3.05) is 0 Å². The van der Waals surface area contributed by atoms with Crippen LogP contribution in [0.5, 0.6) is 0 Å². The molecule has 0 aliphatic carbocycles. The van der Waals surface area contributed by atoms with E-state index < -0.39 is 14.2 Å². The minimum atomic E-state index is -1.36. The molecule has 0 rings (SSSR count). The molecule has 0 atom stereocenters. The highest BCUT2D eigenvalue weighted by atomic mass is 28.3. The number of rotatable bonds is 2. The molecular weight excluding hydrogens is 120 g/mol. The summed E-state index contributed by atoms with van der Waals surface area (Å²) in [6.45, 7) is 5.54. The molecule has 0 unspecified atom stereocenters. The molecule has 0 aliphatic rings. The predicted molar refractivity (Wildman–Crippen MR) is 34.9 cm³/mol. The van der Waals surface area contributed by atoms with Crippen molar-refractivity contribution >= 4 is 8.80 Å². The lowest BCUT2D eigenvalue weighted by atomic mass is 10.5. The number of hydrogen-bond donors (Lipinski definition) is 2. The lowest BCUT2D eigenvalue weighted by Gasteiger charge is -2.22. The van der Waals surface area contributed by atoms with E-state index >= 15 is 0 Å². The Hall–Kier alpha value is 0.137. The van der Waals surface area contributed by atoms with Crippen molar-refractivity contribution in [1.29, 1.82) is 0 Å². The highest BCUT2D eigenvalue weighted by molar-refractivity contribution is 6.58. The third-order valence-corrected chi connectivity index (χ3v) is 3.25. The van der Waals surface area contributed by atoms with Gasteiger partial charge in [-0.25, -0.2) is 0 Å². The highest BCUT2D eigenvalue weighted by Crippen LogP contribution is 2.08. The Kier molecular flexibility index (Phi) is 2.66. The van der Waals surface area contributed by atoms with Crippen LogP contribution in [0, 0.1) is 0 Å². The van der Waals surface area contributed by atoms with Gasteiger partial charge in [0.1, 0.15) is 14.2 Å². The van der Waals surface area contributed by atoms with Crippen molar-refractivity contribution < 1.29 is 10.2 Å². The van der Waals surface area contributed by atoms with Crippen molar-refractivity contribution in [3.05, 3.63) is 0 Å². The third-order valence-electron chi connectivity index (χ3n) is 1.29. The minimum absolute atomic E-state index is 0.439. The topological polar surface area (TPSA) is 40.5 Å². The second-order valence-electron chi connectivity index (χ2n) is 2.17. The van der Waals surface area contributed by atoms with Crippen LogP contribution in [-0.4, -0.2) is 24.4 Å². The molecule has 0 heterocycles. The van der Waals surface area contributed by atoms with E-state index in [1.54, 1.807) is 6.92 Å². The second kappa shape index (κ2) is 2.62. The molecule has 49 valence electrons. The molecule has 8 heavy (non-hydrogen) atoms. The Morgan fingerprint density at radius 1 is 1.38 bits per heavy atom. The fourth-order valence-electron chi connectivity index (χ4n) is 0.354. The summed E-state index contributed by atoms with van der Waals surface area (Å²) >= 11 is 0. The molecule has 0 aromatic carbocycles. The molecule has 0 aliphatic heterocycles. The van der Waals surface area contributed by atoms with Gasteiger partial charge in [0.15, 0.2) is 0 Å². The lowest BCUT2D eigenvalue weighted by molar-refractivity contribution is -0.0931. The van der Waals surface area contributed by atoms with E-state index in [-0.39, 0.29) is 0 Å². The quantitative estimate of drug-likeness (QED) is 0.422. The van der Waals surface area contributed by atoms with Gasteiger partial charge in [0.25, 0.3) is 0 Å². The third kappa shape index (κ3) is 1.94. The minimum Gasteiger partial charge on any atom is -0.369 e. The molecule has 0 amide bonds. The molecule has 2 N–H and O–H groups in total. The average Bonchev–Trinajstić information content (AvgIpc) is 1.67. The Labute approximate surface area is 51.8 Å². The van der Waals surface area contributed by atoms with E-state index in [2.05, 4.69) is 0 Å². The van der Waals surface area contributed by atoms with Crippen LogP contribution < -0.4 is 0 Å². The van der Waals surface area contributed by atoms with E-state index in [9.17, 15) is 0 Å². The maximum atomic E-state index is 9.00. The second-order valence-corrected chi connectivity index (χ2v) is 4.97. The van der Waals surface area contributed by atoms with Gasteiger partial charge in [0.05, 0.1) is 0 Å². The van der Waals surface area contributed by atoms with Crippen LogP contribution in [-0.2, 0) is 0 Å². The first kappa shape index (κ1) is 8.14. The van der Waals surface area contributed by atoms with E-state index in [1.807, 2.05) is 13.1 Å². The Bertz CT molecular complexity index is 70.8. The van der Waals surface area contributed by atoms with Crippen molar-refractivity contribution in [2.24, 2.45) is 0 Å². The van der Waals surface area contributed by atoms with E-state index in [0.717, 1.165) is 0 Å². The predicted octanol–water partition coefficient (Wildman–Crippen LogP) is 0.371. The summed E-state index contributed by atoms with van der Waals surface area (Å²) < 4.78 is 0. The first-order valence-electron chi connectivity index (χ1n) is 2.76. The van der Waals surface area contributed by atoms with Crippen LogP contribution in [0.4, 0.5) is 0 Å². The largest absolute Gasteiger partial charge is 0.369 e. The van der Waals surface area contributed by atoms with Crippen LogP contribution in [0.2, 0.25) is 13.1 Å². The van der Waals surface area contributed by atoms with E-state index in [1.165, 1.54) is 0 Å². The van der Waals surface area contributed by atoms with Gasteiger partial charge >= 0.3 is 0 Å². The monoisotopic (exact) mass is 133 g/mol. The van der Waals surface area contributed by atoms with Crippen molar-refractivity contribution in [3.8, 4) is 0 Å². The van der Waals surface area contributed by atoms with Crippen LogP contribution in [0.25, 0.3) is 0 Å². The Morgan fingerprint density at radius 3 is 1.75 bits per heavy atom. The van der Waals surface area contributed by atoms with Crippen LogP contribution in [0.1, 0.15) is 13.3 Å². The summed E-state index contributed by atoms with van der Waals surface area (Å²) in [6.07, 6.45) is 0.439. The van der Waals surface area contributed by atoms with Gasteiger partial charge < -0.3 is 10.2 Å². The van der Waals surface area contributed by atoms with E-state index in [0.29, 0.717) is 6.42 Å². The summed E-state index contributed by atoms with van der Waals surface area (Å²) in [5.41, 5.74) is -1.36. The van der Waals surface area contributed by atoms with Gasteiger partial charge in [-0.15, -0.1) is 0 Å². The Morgan fingerprint density at radius 2 is 1.75 bits per heavy atom. The van der Waals surface area contributed by atoms with Gasteiger partial charge in [-0.1, -0.05) is 20.0 Å². The molecule has 0 bridgehead atoms. The molecule has 0 aromatic rings. The van der Waals surface area contributed by atoms with E-state index in [4.69, 9.17) is 10.2 Å². The summed E-state index contributed by atoms with van der Waals surface area (Å²) in [4.78, 5) is 0. The van der Waals surface area contributed by atoms with Gasteiger partial charge in [-0.05, 0) is 6.42 Å². The SMILES string of the molecule is CCC(O)(O)[Si](C)C. The molecule has 0 fully saturated rings.